The van der Waals surface area contributed by atoms with Gasteiger partial charge in [0, 0.05) is 43.1 Å². The quantitative estimate of drug-likeness (QED) is 0.725. The van der Waals surface area contributed by atoms with Crippen LogP contribution in [-0.4, -0.2) is 43.4 Å². The summed E-state index contributed by atoms with van der Waals surface area (Å²) in [5.74, 6) is -0.184. The highest BCUT2D eigenvalue weighted by Crippen LogP contribution is 2.28. The van der Waals surface area contributed by atoms with Gasteiger partial charge in [0.15, 0.2) is 0 Å². The van der Waals surface area contributed by atoms with Gasteiger partial charge in [-0.15, -0.1) is 0 Å². The summed E-state index contributed by atoms with van der Waals surface area (Å²) in [7, 11) is -2.04. The van der Waals surface area contributed by atoms with Gasteiger partial charge in [0.1, 0.15) is 4.90 Å². The Kier molecular flexibility index (Phi) is 7.26. The van der Waals surface area contributed by atoms with E-state index < -0.39 is 10.0 Å². The average molecular weight is 452 g/mol. The molecule has 1 N–H and O–H groups in total. The molecule has 2 heterocycles. The molecule has 0 saturated carbocycles. The molecule has 1 saturated heterocycles. The van der Waals surface area contributed by atoms with Gasteiger partial charge in [-0.25, -0.2) is 13.1 Å². The van der Waals surface area contributed by atoms with Crippen LogP contribution in [0.15, 0.2) is 29.2 Å². The van der Waals surface area contributed by atoms with Gasteiger partial charge in [-0.2, -0.15) is 0 Å². The van der Waals surface area contributed by atoms with E-state index in [-0.39, 0.29) is 17.3 Å². The Morgan fingerprint density at radius 1 is 1.03 bits per heavy atom. The van der Waals surface area contributed by atoms with Crippen LogP contribution in [0.1, 0.15) is 53.0 Å². The molecule has 6 nitrogen and oxygen atoms in total. The number of sulfonamides is 1. The third-order valence-electron chi connectivity index (χ3n) is 5.92. The number of aromatic nitrogens is 1. The normalized spacial score (nSPS) is 15.3. The van der Waals surface area contributed by atoms with E-state index in [1.807, 2.05) is 24.0 Å². The second-order valence-electron chi connectivity index (χ2n) is 7.91. The number of nitrogens with one attached hydrogen (secondary N) is 1. The van der Waals surface area contributed by atoms with Gasteiger partial charge in [-0.3, -0.25) is 4.79 Å². The van der Waals surface area contributed by atoms with Crippen LogP contribution in [0, 0.1) is 13.8 Å². The Morgan fingerprint density at radius 2 is 1.63 bits per heavy atom. The van der Waals surface area contributed by atoms with Crippen molar-refractivity contribution in [1.82, 2.24) is 14.2 Å². The van der Waals surface area contributed by atoms with Gasteiger partial charge in [-0.1, -0.05) is 36.6 Å². The average Bonchev–Trinajstić information content (AvgIpc) is 2.91. The maximum absolute atomic E-state index is 13.3. The van der Waals surface area contributed by atoms with E-state index in [2.05, 4.69) is 4.72 Å². The number of amides is 1. The van der Waals surface area contributed by atoms with Crippen LogP contribution in [0.4, 0.5) is 0 Å². The maximum Gasteiger partial charge on any atom is 0.257 e. The second kappa shape index (κ2) is 9.54. The minimum absolute atomic E-state index is 0.104. The molecule has 0 atom stereocenters. The van der Waals surface area contributed by atoms with Crippen molar-refractivity contribution in [1.29, 1.82) is 0 Å². The zero-order valence-electron chi connectivity index (χ0n) is 17.9. The molecule has 0 aliphatic carbocycles. The Bertz CT molecular complexity index is 1010. The van der Waals surface area contributed by atoms with Crippen LogP contribution in [0.3, 0.4) is 0 Å². The van der Waals surface area contributed by atoms with E-state index >= 15 is 0 Å². The molecule has 1 aliphatic heterocycles. The summed E-state index contributed by atoms with van der Waals surface area (Å²) in [5.41, 5.74) is 2.55. The van der Waals surface area contributed by atoms with Crippen molar-refractivity contribution in [2.75, 3.05) is 19.6 Å². The standard InChI is InChI=1S/C22H30ClN3O3S/c1-16-20(22(27)26-14-6-4-5-7-15-26)21(17(2)25(16)3)30(28,29)24-13-12-18-8-10-19(23)11-9-18/h8-11,24H,4-7,12-15H2,1-3H3. The second-order valence-corrected chi connectivity index (χ2v) is 10.1. The summed E-state index contributed by atoms with van der Waals surface area (Å²) in [6.45, 7) is 5.16. The highest BCUT2D eigenvalue weighted by atomic mass is 35.5. The highest BCUT2D eigenvalue weighted by Gasteiger charge is 2.32. The summed E-state index contributed by atoms with van der Waals surface area (Å²) in [4.78, 5) is 15.3. The third-order valence-corrected chi connectivity index (χ3v) is 7.79. The van der Waals surface area contributed by atoms with Crippen LogP contribution in [0.25, 0.3) is 0 Å². The first kappa shape index (κ1) is 22.8. The lowest BCUT2D eigenvalue weighted by molar-refractivity contribution is 0.0757. The minimum Gasteiger partial charge on any atom is -0.350 e. The number of halogens is 1. The topological polar surface area (TPSA) is 71.4 Å². The minimum atomic E-state index is -3.84. The highest BCUT2D eigenvalue weighted by molar-refractivity contribution is 7.89. The molecule has 0 bridgehead atoms. The summed E-state index contributed by atoms with van der Waals surface area (Å²) >= 11 is 5.90. The van der Waals surface area contributed by atoms with Crippen molar-refractivity contribution in [3.8, 4) is 0 Å². The maximum atomic E-state index is 13.3. The van der Waals surface area contributed by atoms with E-state index in [9.17, 15) is 13.2 Å². The Hall–Kier alpha value is -1.83. The first-order valence-electron chi connectivity index (χ1n) is 10.4. The van der Waals surface area contributed by atoms with Crippen molar-refractivity contribution in [3.63, 3.8) is 0 Å². The summed E-state index contributed by atoms with van der Waals surface area (Å²) in [6.07, 6.45) is 4.66. The molecule has 0 spiro atoms. The Balaban J connectivity index is 1.85. The molecule has 30 heavy (non-hydrogen) atoms. The number of rotatable bonds is 6. The fourth-order valence-corrected chi connectivity index (χ4v) is 5.65. The number of hydrogen-bond donors (Lipinski definition) is 1. The number of carbonyl (C=O) groups excluding carboxylic acids is 1. The molecule has 164 valence electrons. The largest absolute Gasteiger partial charge is 0.350 e. The lowest BCUT2D eigenvalue weighted by atomic mass is 10.2. The summed E-state index contributed by atoms with van der Waals surface area (Å²) < 4.78 is 30.9. The molecule has 1 aromatic carbocycles. The van der Waals surface area contributed by atoms with Gasteiger partial charge in [0.2, 0.25) is 10.0 Å². The van der Waals surface area contributed by atoms with Crippen molar-refractivity contribution in [3.05, 3.63) is 51.8 Å². The zero-order chi connectivity index (χ0) is 21.9. The number of benzene rings is 1. The lowest BCUT2D eigenvalue weighted by Crippen LogP contribution is -2.34. The van der Waals surface area contributed by atoms with Crippen LogP contribution in [0.5, 0.6) is 0 Å². The van der Waals surface area contributed by atoms with E-state index in [0.29, 0.717) is 41.5 Å². The van der Waals surface area contributed by atoms with E-state index in [0.717, 1.165) is 31.2 Å². The molecular formula is C22H30ClN3O3S. The third kappa shape index (κ3) is 4.90. The molecule has 1 aromatic heterocycles. The van der Waals surface area contributed by atoms with Crippen LogP contribution >= 0.6 is 11.6 Å². The fraction of sp³-hybridized carbons (Fsp3) is 0.500. The lowest BCUT2D eigenvalue weighted by Gasteiger charge is -2.21. The molecule has 1 amide bonds. The molecular weight excluding hydrogens is 422 g/mol. The van der Waals surface area contributed by atoms with Gasteiger partial charge >= 0.3 is 0 Å². The first-order valence-corrected chi connectivity index (χ1v) is 12.3. The van der Waals surface area contributed by atoms with Crippen molar-refractivity contribution in [2.24, 2.45) is 7.05 Å². The molecule has 0 unspecified atom stereocenters. The fourth-order valence-electron chi connectivity index (χ4n) is 3.98. The van der Waals surface area contributed by atoms with Crippen molar-refractivity contribution < 1.29 is 13.2 Å². The Labute approximate surface area is 184 Å². The summed E-state index contributed by atoms with van der Waals surface area (Å²) in [6, 6.07) is 7.33. The van der Waals surface area contributed by atoms with Crippen LogP contribution in [0.2, 0.25) is 5.02 Å². The molecule has 1 fully saturated rings. The van der Waals surface area contributed by atoms with Gasteiger partial charge in [0.05, 0.1) is 5.56 Å². The first-order chi connectivity index (χ1) is 14.2. The molecule has 8 heteroatoms. The summed E-state index contributed by atoms with van der Waals surface area (Å²) in [5, 5.41) is 0.645. The van der Waals surface area contributed by atoms with E-state index in [1.54, 1.807) is 30.7 Å². The predicted octanol–water partition coefficient (Wildman–Crippen LogP) is 3.83. The van der Waals surface area contributed by atoms with Gasteiger partial charge in [-0.05, 0) is 50.8 Å². The van der Waals surface area contributed by atoms with Gasteiger partial charge in [0.25, 0.3) is 5.91 Å². The molecule has 1 aliphatic rings. The van der Waals surface area contributed by atoms with Crippen molar-refractivity contribution >= 4 is 27.5 Å². The molecule has 2 aromatic rings. The van der Waals surface area contributed by atoms with Crippen molar-refractivity contribution in [2.45, 2.75) is 50.8 Å². The SMILES string of the molecule is Cc1c(C(=O)N2CCCCCC2)c(S(=O)(=O)NCCc2ccc(Cl)cc2)c(C)n1C. The number of hydrogen-bond acceptors (Lipinski definition) is 3. The van der Waals surface area contributed by atoms with Gasteiger partial charge < -0.3 is 9.47 Å². The zero-order valence-corrected chi connectivity index (χ0v) is 19.4. The molecule has 0 radical (unpaired) electrons. The Morgan fingerprint density at radius 3 is 2.23 bits per heavy atom. The van der Waals surface area contributed by atoms with E-state index in [1.165, 1.54) is 0 Å². The van der Waals surface area contributed by atoms with E-state index in [4.69, 9.17) is 11.6 Å². The smallest absolute Gasteiger partial charge is 0.257 e. The molecule has 3 rings (SSSR count). The monoisotopic (exact) mass is 451 g/mol. The number of nitrogens with zero attached hydrogens (tertiary/aromatic N) is 2. The van der Waals surface area contributed by atoms with Crippen LogP contribution < -0.4 is 4.72 Å². The predicted molar refractivity (Wildman–Crippen MR) is 120 cm³/mol. The number of likely N-dealkylation sites (tertiary alicyclic amines) is 1. The van der Waals surface area contributed by atoms with Crippen LogP contribution in [-0.2, 0) is 23.5 Å². The number of carbonyl (C=O) groups is 1.